The molecule has 0 unspecified atom stereocenters. The van der Waals surface area contributed by atoms with Crippen LogP contribution in [0.2, 0.25) is 0 Å². The molecular formula is C27H28N6O3. The molecule has 4 aromatic rings. The molecule has 7 rings (SSSR count). The lowest BCUT2D eigenvalue weighted by Gasteiger charge is -2.40. The number of ether oxygens (including phenoxy) is 2. The van der Waals surface area contributed by atoms with Gasteiger partial charge in [0.25, 0.3) is 0 Å². The number of rotatable bonds is 5. The number of carbonyl (C=O) groups excluding carboxylic acids is 1. The molecule has 0 saturated carbocycles. The van der Waals surface area contributed by atoms with Gasteiger partial charge in [-0.2, -0.15) is 10.2 Å². The average molecular weight is 485 g/mol. The molecule has 0 radical (unpaired) electrons. The molecule has 2 aliphatic heterocycles. The highest BCUT2D eigenvalue weighted by Gasteiger charge is 2.37. The van der Waals surface area contributed by atoms with E-state index in [1.807, 2.05) is 28.0 Å². The molecule has 3 aromatic heterocycles. The topological polar surface area (TPSA) is 98.2 Å². The van der Waals surface area contributed by atoms with E-state index in [2.05, 4.69) is 33.5 Å². The lowest BCUT2D eigenvalue weighted by Crippen LogP contribution is -2.52. The first kappa shape index (κ1) is 21.6. The van der Waals surface area contributed by atoms with Crippen LogP contribution in [-0.2, 0) is 22.4 Å². The van der Waals surface area contributed by atoms with Crippen molar-refractivity contribution in [2.45, 2.75) is 31.7 Å². The van der Waals surface area contributed by atoms with Crippen molar-refractivity contribution in [3.8, 4) is 28.3 Å². The van der Waals surface area contributed by atoms with Crippen LogP contribution < -0.4 is 4.74 Å². The van der Waals surface area contributed by atoms with Gasteiger partial charge in [0.15, 0.2) is 0 Å². The number of carbonyl (C=O) groups is 1. The molecule has 184 valence electrons. The number of methoxy groups -OCH3 is 1. The number of likely N-dealkylation sites (tertiary alicyclic amines) is 1. The van der Waals surface area contributed by atoms with Crippen molar-refractivity contribution < 1.29 is 14.3 Å². The number of amides is 1. The molecule has 36 heavy (non-hydrogen) atoms. The summed E-state index contributed by atoms with van der Waals surface area (Å²) in [5, 5.41) is 12.3. The third-order valence-electron chi connectivity index (χ3n) is 7.82. The minimum absolute atomic E-state index is 0.0117. The summed E-state index contributed by atoms with van der Waals surface area (Å²) in [6.45, 7) is 2.58. The lowest BCUT2D eigenvalue weighted by molar-refractivity contribution is -0.141. The van der Waals surface area contributed by atoms with Crippen LogP contribution in [0.1, 0.15) is 30.0 Å². The average Bonchev–Trinajstić information content (AvgIpc) is 3.67. The van der Waals surface area contributed by atoms with Crippen molar-refractivity contribution in [1.29, 1.82) is 0 Å². The number of nitrogens with zero attached hydrogens (tertiary/aromatic N) is 5. The first-order chi connectivity index (χ1) is 17.7. The van der Waals surface area contributed by atoms with E-state index in [4.69, 9.17) is 14.5 Å². The summed E-state index contributed by atoms with van der Waals surface area (Å²) in [5.41, 5.74) is 8.05. The summed E-state index contributed by atoms with van der Waals surface area (Å²) in [6, 6.07) is 8.61. The number of fused-ring (bicyclic) bond motifs is 2. The van der Waals surface area contributed by atoms with E-state index in [1.165, 1.54) is 17.5 Å². The molecule has 9 nitrogen and oxygen atoms in total. The van der Waals surface area contributed by atoms with Crippen LogP contribution in [0.3, 0.4) is 0 Å². The molecule has 3 aliphatic rings. The normalized spacial score (nSPS) is 19.6. The molecular weight excluding hydrogens is 456 g/mol. The number of pyridine rings is 1. The number of hydrogen-bond acceptors (Lipinski definition) is 6. The van der Waals surface area contributed by atoms with Crippen molar-refractivity contribution in [3.63, 3.8) is 0 Å². The fraction of sp³-hybridized carbons (Fsp3) is 0.407. The molecule has 0 spiro atoms. The maximum Gasteiger partial charge on any atom is 0.228 e. The van der Waals surface area contributed by atoms with E-state index in [0.29, 0.717) is 26.3 Å². The monoisotopic (exact) mass is 484 g/mol. The summed E-state index contributed by atoms with van der Waals surface area (Å²) in [6.07, 6.45) is 8.01. The van der Waals surface area contributed by atoms with Crippen molar-refractivity contribution >= 4 is 16.9 Å². The molecule has 5 heterocycles. The van der Waals surface area contributed by atoms with Gasteiger partial charge in [0.1, 0.15) is 22.7 Å². The number of aryl methyl sites for hydroxylation is 1. The Morgan fingerprint density at radius 2 is 2.14 bits per heavy atom. The molecule has 1 N–H and O–H groups in total. The van der Waals surface area contributed by atoms with E-state index in [1.54, 1.807) is 7.11 Å². The smallest absolute Gasteiger partial charge is 0.228 e. The predicted octanol–water partition coefficient (Wildman–Crippen LogP) is 3.41. The first-order valence-corrected chi connectivity index (χ1v) is 12.6. The Labute approximate surface area is 208 Å². The maximum atomic E-state index is 12.6. The van der Waals surface area contributed by atoms with Crippen LogP contribution in [0.4, 0.5) is 0 Å². The van der Waals surface area contributed by atoms with Gasteiger partial charge in [-0.25, -0.2) is 4.98 Å². The Bertz CT molecular complexity index is 1460. The van der Waals surface area contributed by atoms with Crippen LogP contribution in [0.15, 0.2) is 36.7 Å². The highest BCUT2D eigenvalue weighted by Crippen LogP contribution is 2.39. The second-order valence-corrected chi connectivity index (χ2v) is 9.97. The van der Waals surface area contributed by atoms with Crippen LogP contribution in [-0.4, -0.2) is 69.2 Å². The highest BCUT2D eigenvalue weighted by atomic mass is 16.5. The van der Waals surface area contributed by atoms with Gasteiger partial charge >= 0.3 is 0 Å². The zero-order chi connectivity index (χ0) is 24.2. The van der Waals surface area contributed by atoms with Crippen molar-refractivity contribution in [1.82, 2.24) is 29.9 Å². The molecule has 9 heteroatoms. The van der Waals surface area contributed by atoms with Gasteiger partial charge in [-0.1, -0.05) is 18.2 Å². The number of hydrogen-bond donors (Lipinski definition) is 1. The Kier molecular flexibility index (Phi) is 5.06. The van der Waals surface area contributed by atoms with E-state index >= 15 is 0 Å². The van der Waals surface area contributed by atoms with Gasteiger partial charge in [0, 0.05) is 43.1 Å². The van der Waals surface area contributed by atoms with Crippen LogP contribution in [0.5, 0.6) is 5.75 Å². The largest absolute Gasteiger partial charge is 0.494 e. The van der Waals surface area contributed by atoms with Crippen molar-refractivity contribution in [2.75, 3.05) is 33.4 Å². The van der Waals surface area contributed by atoms with Crippen LogP contribution in [0.25, 0.3) is 33.5 Å². The third kappa shape index (κ3) is 3.41. The molecule has 1 atom stereocenters. The van der Waals surface area contributed by atoms with Gasteiger partial charge in [-0.05, 0) is 36.8 Å². The summed E-state index contributed by atoms with van der Waals surface area (Å²) in [4.78, 5) is 19.6. The Hall–Kier alpha value is -3.72. The molecule has 2 fully saturated rings. The minimum atomic E-state index is 0.0117. The zero-order valence-corrected chi connectivity index (χ0v) is 20.2. The number of benzene rings is 1. The Balaban J connectivity index is 1.18. The second kappa shape index (κ2) is 8.44. The highest BCUT2D eigenvalue weighted by molar-refractivity contribution is 5.93. The quantitative estimate of drug-likeness (QED) is 0.466. The Morgan fingerprint density at radius 1 is 1.22 bits per heavy atom. The van der Waals surface area contributed by atoms with E-state index in [0.717, 1.165) is 58.6 Å². The molecule has 0 bridgehead atoms. The Morgan fingerprint density at radius 3 is 2.97 bits per heavy atom. The summed E-state index contributed by atoms with van der Waals surface area (Å²) in [5.74, 6) is 0.950. The predicted molar refractivity (Wildman–Crippen MR) is 134 cm³/mol. The van der Waals surface area contributed by atoms with Gasteiger partial charge in [-0.3, -0.25) is 14.6 Å². The summed E-state index contributed by atoms with van der Waals surface area (Å²) < 4.78 is 13.1. The minimum Gasteiger partial charge on any atom is -0.494 e. The number of aromatic amines is 1. The fourth-order valence-corrected chi connectivity index (χ4v) is 5.77. The second-order valence-electron chi connectivity index (χ2n) is 9.97. The van der Waals surface area contributed by atoms with Gasteiger partial charge in [0.2, 0.25) is 5.91 Å². The summed E-state index contributed by atoms with van der Waals surface area (Å²) >= 11 is 0. The standard InChI is InChI=1S/C27H28N6O3/c1-35-23-10-22-26(29-25(23)21-7-3-5-16-4-2-6-20(16)21)24(31-30-22)18-11-28-33(12-18)19-13-32(14-19)27(34)17-8-9-36-15-17/h3,5,7,10-12,17,19H,2,4,6,8-9,13-15H2,1H3,(H,30,31)/t17-/m0/s1. The van der Waals surface area contributed by atoms with Gasteiger partial charge < -0.3 is 14.4 Å². The SMILES string of the molecule is COc1cc2[nH]nc(-c3cnn(C4CN(C(=O)[C@H]5CCOC5)C4)c3)c2nc1-c1cccc2c1CCC2. The van der Waals surface area contributed by atoms with Crippen molar-refractivity contribution in [2.24, 2.45) is 5.92 Å². The molecule has 1 amide bonds. The number of aromatic nitrogens is 5. The maximum absolute atomic E-state index is 12.6. The lowest BCUT2D eigenvalue weighted by atomic mass is 9.99. The van der Waals surface area contributed by atoms with E-state index in [9.17, 15) is 4.79 Å². The van der Waals surface area contributed by atoms with E-state index < -0.39 is 0 Å². The van der Waals surface area contributed by atoms with E-state index in [-0.39, 0.29) is 17.9 Å². The number of nitrogens with one attached hydrogen (secondary N) is 1. The number of H-pyrrole nitrogens is 1. The van der Waals surface area contributed by atoms with Crippen LogP contribution >= 0.6 is 0 Å². The van der Waals surface area contributed by atoms with Gasteiger partial charge in [0.05, 0.1) is 37.4 Å². The molecule has 1 aromatic carbocycles. The third-order valence-corrected chi connectivity index (χ3v) is 7.82. The zero-order valence-electron chi connectivity index (χ0n) is 20.2. The van der Waals surface area contributed by atoms with Gasteiger partial charge in [-0.15, -0.1) is 0 Å². The summed E-state index contributed by atoms with van der Waals surface area (Å²) in [7, 11) is 1.68. The molecule has 1 aliphatic carbocycles. The first-order valence-electron chi connectivity index (χ1n) is 12.6. The molecule has 2 saturated heterocycles. The fourth-order valence-electron chi connectivity index (χ4n) is 5.77. The van der Waals surface area contributed by atoms with Crippen molar-refractivity contribution in [3.05, 3.63) is 47.8 Å². The van der Waals surface area contributed by atoms with Crippen LogP contribution in [0, 0.1) is 5.92 Å².